The van der Waals surface area contributed by atoms with E-state index in [1.54, 1.807) is 5.57 Å². The molecule has 1 aromatic carbocycles. The van der Waals surface area contributed by atoms with Crippen LogP contribution in [0.25, 0.3) is 17.0 Å². The number of benzene rings is 1. The highest BCUT2D eigenvalue weighted by molar-refractivity contribution is 6.00. The number of nitrogens with zero attached hydrogens (tertiary/aromatic N) is 1. The second-order valence-electron chi connectivity index (χ2n) is 16.4. The third-order valence-corrected chi connectivity index (χ3v) is 14.2. The molecule has 0 saturated heterocycles. The van der Waals surface area contributed by atoms with E-state index in [1.165, 1.54) is 46.4 Å². The molecule has 1 heterocycles. The van der Waals surface area contributed by atoms with Crippen LogP contribution in [0.15, 0.2) is 161 Å². The van der Waals surface area contributed by atoms with Crippen LogP contribution >= 0.6 is 0 Å². The van der Waals surface area contributed by atoms with Gasteiger partial charge in [-0.15, -0.1) is 0 Å². The average Bonchev–Trinajstić information content (AvgIpc) is 3.83. The minimum atomic E-state index is 0.129. The molecule has 9 atom stereocenters. The van der Waals surface area contributed by atoms with E-state index in [2.05, 4.69) is 145 Å². The van der Waals surface area contributed by atoms with Gasteiger partial charge in [0.25, 0.3) is 0 Å². The van der Waals surface area contributed by atoms with E-state index in [-0.39, 0.29) is 5.41 Å². The standard InChI is InChI=1S/C49H47NO/c1-3-14-32(15-4-1)33-26-28-38-36-18-7-10-21-41(36)49(43(38)30-33)42-22-11-8-19-37(42)39-29-27-35(31-44(39)49)50(34-16-5-2-6-17-34)45-23-13-25-47-48(45)40-20-9-12-24-46(40)51-47/h1-5,7,9-11,13-14,16,18,20,22-23,25-32,37-39,41-44H,6,8,12,15,17,19,21,24H2. The van der Waals surface area contributed by atoms with Crippen molar-refractivity contribution >= 4 is 22.7 Å². The summed E-state index contributed by atoms with van der Waals surface area (Å²) in [5, 5.41) is 1.26. The van der Waals surface area contributed by atoms with Crippen molar-refractivity contribution in [3.63, 3.8) is 0 Å². The molecule has 2 saturated carbocycles. The average molecular weight is 666 g/mol. The van der Waals surface area contributed by atoms with E-state index in [4.69, 9.17) is 4.42 Å². The van der Waals surface area contributed by atoms with Crippen LogP contribution in [0.4, 0.5) is 5.69 Å². The van der Waals surface area contributed by atoms with Crippen molar-refractivity contribution in [3.8, 4) is 0 Å². The summed E-state index contributed by atoms with van der Waals surface area (Å²) in [6.45, 7) is 0. The fourth-order valence-electron chi connectivity index (χ4n) is 12.3. The molecule has 0 amide bonds. The lowest BCUT2D eigenvalue weighted by atomic mass is 9.56. The molecule has 11 rings (SSSR count). The monoisotopic (exact) mass is 665 g/mol. The summed E-state index contributed by atoms with van der Waals surface area (Å²) in [4.78, 5) is 2.63. The second-order valence-corrected chi connectivity index (χ2v) is 16.4. The first-order chi connectivity index (χ1) is 25.3. The van der Waals surface area contributed by atoms with Crippen LogP contribution in [-0.4, -0.2) is 0 Å². The summed E-state index contributed by atoms with van der Waals surface area (Å²) in [5.74, 6) is 5.38. The fourth-order valence-corrected chi connectivity index (χ4v) is 12.3. The van der Waals surface area contributed by atoms with Gasteiger partial charge in [0.15, 0.2) is 0 Å². The maximum absolute atomic E-state index is 6.55. The van der Waals surface area contributed by atoms with E-state index in [0.717, 1.165) is 49.9 Å². The molecule has 0 radical (unpaired) electrons. The zero-order valence-electron chi connectivity index (χ0n) is 29.4. The lowest BCUT2D eigenvalue weighted by Crippen LogP contribution is -2.43. The molecule has 2 heteroatoms. The minimum absolute atomic E-state index is 0.129. The molecule has 0 aliphatic heterocycles. The Bertz CT molecular complexity index is 2180. The van der Waals surface area contributed by atoms with Gasteiger partial charge in [-0.3, -0.25) is 0 Å². The van der Waals surface area contributed by atoms with Crippen LogP contribution in [0.1, 0.15) is 56.3 Å². The van der Waals surface area contributed by atoms with E-state index in [1.807, 2.05) is 0 Å². The molecule has 9 aliphatic rings. The summed E-state index contributed by atoms with van der Waals surface area (Å²) in [6, 6.07) is 6.72. The van der Waals surface area contributed by atoms with Crippen molar-refractivity contribution in [1.29, 1.82) is 0 Å². The number of furan rings is 1. The number of hydrogen-bond donors (Lipinski definition) is 0. The number of allylic oxidation sites excluding steroid dienone is 22. The van der Waals surface area contributed by atoms with Crippen molar-refractivity contribution in [2.75, 3.05) is 4.90 Å². The Balaban J connectivity index is 1.11. The van der Waals surface area contributed by atoms with Gasteiger partial charge in [0.1, 0.15) is 11.3 Å². The van der Waals surface area contributed by atoms with Gasteiger partial charge >= 0.3 is 0 Å². The normalized spacial score (nSPS) is 36.3. The maximum Gasteiger partial charge on any atom is 0.137 e. The lowest BCUT2D eigenvalue weighted by molar-refractivity contribution is 0.0720. The molecule has 51 heavy (non-hydrogen) atoms. The van der Waals surface area contributed by atoms with Gasteiger partial charge in [-0.1, -0.05) is 121 Å². The maximum atomic E-state index is 6.55. The first-order valence-corrected chi connectivity index (χ1v) is 19.8. The Kier molecular flexibility index (Phi) is 6.93. The van der Waals surface area contributed by atoms with Crippen molar-refractivity contribution in [3.05, 3.63) is 168 Å². The molecule has 2 aromatic rings. The van der Waals surface area contributed by atoms with Crippen molar-refractivity contribution in [2.24, 2.45) is 52.8 Å². The number of fused-ring (bicyclic) bond motifs is 13. The van der Waals surface area contributed by atoms with Crippen LogP contribution in [0.2, 0.25) is 0 Å². The summed E-state index contributed by atoms with van der Waals surface area (Å²) in [7, 11) is 0. The second kappa shape index (κ2) is 11.7. The van der Waals surface area contributed by atoms with Gasteiger partial charge < -0.3 is 9.32 Å². The van der Waals surface area contributed by atoms with Crippen LogP contribution < -0.4 is 4.90 Å². The SMILES string of the molecule is C1=CCCC(N(C2=CC3C(C=C2)C2CCC=CC2C32C3CC=CC=C3C3C=CC(C4C=CC=CC4)=CC32)c2cccc3oc4c(c23)C=CCC4)=C1. The first kappa shape index (κ1) is 30.1. The van der Waals surface area contributed by atoms with Crippen molar-refractivity contribution in [2.45, 2.75) is 51.4 Å². The van der Waals surface area contributed by atoms with Gasteiger partial charge in [-0.2, -0.15) is 0 Å². The van der Waals surface area contributed by atoms with Gasteiger partial charge in [0, 0.05) is 35.2 Å². The van der Waals surface area contributed by atoms with Crippen LogP contribution in [0.3, 0.4) is 0 Å². The highest BCUT2D eigenvalue weighted by Gasteiger charge is 2.69. The Hall–Kier alpha value is -4.56. The smallest absolute Gasteiger partial charge is 0.137 e. The molecule has 254 valence electrons. The molecular weight excluding hydrogens is 619 g/mol. The largest absolute Gasteiger partial charge is 0.460 e. The zero-order chi connectivity index (χ0) is 33.5. The zero-order valence-corrected chi connectivity index (χ0v) is 29.4. The van der Waals surface area contributed by atoms with E-state index < -0.39 is 0 Å². The number of aryl methyl sites for hydroxylation is 1. The Morgan fingerprint density at radius 1 is 0.725 bits per heavy atom. The van der Waals surface area contributed by atoms with Gasteiger partial charge in [0.05, 0.1) is 11.1 Å². The van der Waals surface area contributed by atoms with E-state index in [0.29, 0.717) is 47.3 Å². The van der Waals surface area contributed by atoms with Gasteiger partial charge in [-0.25, -0.2) is 0 Å². The molecule has 0 bridgehead atoms. The predicted molar refractivity (Wildman–Crippen MR) is 210 cm³/mol. The molecule has 0 N–H and O–H groups in total. The van der Waals surface area contributed by atoms with E-state index >= 15 is 0 Å². The highest BCUT2D eigenvalue weighted by Crippen LogP contribution is 2.74. The van der Waals surface area contributed by atoms with Gasteiger partial charge in [0.2, 0.25) is 0 Å². The summed E-state index contributed by atoms with van der Waals surface area (Å²) in [6.07, 6.45) is 58.3. The third kappa shape index (κ3) is 4.35. The van der Waals surface area contributed by atoms with E-state index in [9.17, 15) is 0 Å². The molecule has 2 nitrogen and oxygen atoms in total. The van der Waals surface area contributed by atoms with Crippen molar-refractivity contribution < 1.29 is 4.42 Å². The quantitative estimate of drug-likeness (QED) is 0.302. The molecular formula is C49H47NO. The molecule has 1 aromatic heterocycles. The van der Waals surface area contributed by atoms with Crippen LogP contribution in [0, 0.1) is 52.8 Å². The molecule has 1 spiro atoms. The number of hydrogen-bond acceptors (Lipinski definition) is 2. The molecule has 9 unspecified atom stereocenters. The first-order valence-electron chi connectivity index (χ1n) is 19.8. The van der Waals surface area contributed by atoms with Crippen molar-refractivity contribution in [1.82, 2.24) is 0 Å². The Morgan fingerprint density at radius 2 is 1.67 bits per heavy atom. The Morgan fingerprint density at radius 3 is 2.59 bits per heavy atom. The summed E-state index contributed by atoms with van der Waals surface area (Å²) >= 11 is 0. The number of rotatable bonds is 4. The lowest BCUT2D eigenvalue weighted by Gasteiger charge is -2.47. The summed E-state index contributed by atoms with van der Waals surface area (Å²) in [5.41, 5.74) is 9.61. The number of anilines is 1. The third-order valence-electron chi connectivity index (χ3n) is 14.2. The Labute approximate surface area is 302 Å². The topological polar surface area (TPSA) is 16.4 Å². The predicted octanol–water partition coefficient (Wildman–Crippen LogP) is 12.1. The summed E-state index contributed by atoms with van der Waals surface area (Å²) < 4.78 is 6.55. The molecule has 2 fully saturated rings. The molecule has 9 aliphatic carbocycles. The fraction of sp³-hybridized carbons (Fsp3) is 0.347. The van der Waals surface area contributed by atoms with Crippen LogP contribution in [-0.2, 0) is 6.42 Å². The highest BCUT2D eigenvalue weighted by atomic mass is 16.3. The van der Waals surface area contributed by atoms with Gasteiger partial charge in [-0.05, 0) is 116 Å². The van der Waals surface area contributed by atoms with Crippen LogP contribution in [0.5, 0.6) is 0 Å². The minimum Gasteiger partial charge on any atom is -0.460 e.